The number of hydrogen-bond donors (Lipinski definition) is 2. The summed E-state index contributed by atoms with van der Waals surface area (Å²) in [6.45, 7) is 6.18. The highest BCUT2D eigenvalue weighted by molar-refractivity contribution is 6.12. The molecule has 1 aromatic heterocycles. The third-order valence-corrected chi connectivity index (χ3v) is 6.43. The number of anilines is 1. The molecule has 0 radical (unpaired) electrons. The van der Waals surface area contributed by atoms with Crippen molar-refractivity contribution in [2.45, 2.75) is 19.2 Å². The van der Waals surface area contributed by atoms with Gasteiger partial charge in [-0.25, -0.2) is 15.0 Å². The van der Waals surface area contributed by atoms with E-state index in [1.807, 2.05) is 23.1 Å². The lowest BCUT2D eigenvalue weighted by Crippen LogP contribution is -2.53. The third kappa shape index (κ3) is 5.67. The van der Waals surface area contributed by atoms with E-state index in [1.165, 1.54) is 13.1 Å². The van der Waals surface area contributed by atoms with Gasteiger partial charge in [-0.1, -0.05) is 6.07 Å². The second-order valence-electron chi connectivity index (χ2n) is 9.17. The molecule has 0 bridgehead atoms. The fourth-order valence-electron chi connectivity index (χ4n) is 4.58. The molecule has 12 nitrogen and oxygen atoms in total. The maximum atomic E-state index is 13.3. The smallest absolute Gasteiger partial charge is 0.259 e. The van der Waals surface area contributed by atoms with E-state index in [4.69, 9.17) is 19.2 Å². The number of amides is 2. The Morgan fingerprint density at radius 2 is 2.03 bits per heavy atom. The molecular weight excluding hydrogens is 490 g/mol. The van der Waals surface area contributed by atoms with E-state index in [2.05, 4.69) is 25.5 Å². The van der Waals surface area contributed by atoms with E-state index < -0.39 is 11.8 Å². The Labute approximate surface area is 220 Å². The molecule has 200 valence electrons. The molecule has 1 unspecified atom stereocenters. The highest BCUT2D eigenvalue weighted by atomic mass is 16.5. The summed E-state index contributed by atoms with van der Waals surface area (Å²) in [6.07, 6.45) is 3.86. The van der Waals surface area contributed by atoms with Crippen molar-refractivity contribution in [2.75, 3.05) is 58.4 Å². The normalized spacial score (nSPS) is 20.4. The Morgan fingerprint density at radius 1 is 1.18 bits per heavy atom. The van der Waals surface area contributed by atoms with Crippen molar-refractivity contribution in [1.29, 1.82) is 0 Å². The number of para-hydroxylation sites is 1. The summed E-state index contributed by atoms with van der Waals surface area (Å²) in [7, 11) is 1.60. The minimum absolute atomic E-state index is 0.240. The lowest BCUT2D eigenvalue weighted by atomic mass is 10.1. The van der Waals surface area contributed by atoms with Crippen LogP contribution >= 0.6 is 0 Å². The van der Waals surface area contributed by atoms with Crippen molar-refractivity contribution in [2.24, 2.45) is 9.98 Å². The van der Waals surface area contributed by atoms with E-state index in [-0.39, 0.29) is 12.5 Å². The highest BCUT2D eigenvalue weighted by Gasteiger charge is 2.44. The van der Waals surface area contributed by atoms with Gasteiger partial charge in [-0.2, -0.15) is 0 Å². The maximum Gasteiger partial charge on any atom is 0.259 e. The van der Waals surface area contributed by atoms with Crippen molar-refractivity contribution < 1.29 is 23.8 Å². The number of aromatic nitrogens is 1. The van der Waals surface area contributed by atoms with Gasteiger partial charge in [0.05, 0.1) is 45.4 Å². The lowest BCUT2D eigenvalue weighted by Gasteiger charge is -2.30. The van der Waals surface area contributed by atoms with Crippen LogP contribution < -0.4 is 15.4 Å². The monoisotopic (exact) mass is 521 g/mol. The molecule has 2 N–H and O–H groups in total. The van der Waals surface area contributed by atoms with Crippen molar-refractivity contribution in [3.05, 3.63) is 47.7 Å². The van der Waals surface area contributed by atoms with Crippen LogP contribution in [0.4, 0.5) is 11.5 Å². The van der Waals surface area contributed by atoms with Gasteiger partial charge in [0.25, 0.3) is 11.8 Å². The molecule has 3 aliphatic rings. The predicted octanol–water partition coefficient (Wildman–Crippen LogP) is 1.61. The van der Waals surface area contributed by atoms with E-state index in [0.29, 0.717) is 35.3 Å². The minimum Gasteiger partial charge on any atom is -0.494 e. The topological polar surface area (TPSA) is 130 Å². The number of benzene rings is 1. The number of ether oxygens (including phenoxy) is 3. The molecule has 1 atom stereocenters. The number of nitrogens with zero attached hydrogens (tertiary/aromatic N) is 5. The number of aliphatic imine (C=N–C) groups is 2. The molecule has 0 aliphatic carbocycles. The van der Waals surface area contributed by atoms with Gasteiger partial charge >= 0.3 is 0 Å². The van der Waals surface area contributed by atoms with Gasteiger partial charge in [0, 0.05) is 38.3 Å². The molecule has 1 fully saturated rings. The Bertz CT molecular complexity index is 1240. The van der Waals surface area contributed by atoms with E-state index in [1.54, 1.807) is 25.6 Å². The molecule has 0 spiro atoms. The van der Waals surface area contributed by atoms with Crippen LogP contribution in [0, 0.1) is 0 Å². The molecule has 1 aromatic carbocycles. The first-order chi connectivity index (χ1) is 18.5. The quantitative estimate of drug-likeness (QED) is 0.376. The Morgan fingerprint density at radius 3 is 2.76 bits per heavy atom. The zero-order chi connectivity index (χ0) is 26.5. The minimum atomic E-state index is -1.33. The summed E-state index contributed by atoms with van der Waals surface area (Å²) in [4.78, 5) is 42.4. The van der Waals surface area contributed by atoms with Crippen LogP contribution in [0.2, 0.25) is 0 Å². The van der Waals surface area contributed by atoms with Crippen LogP contribution in [-0.4, -0.2) is 97.7 Å². The third-order valence-electron chi connectivity index (χ3n) is 6.43. The second-order valence-corrected chi connectivity index (χ2v) is 9.17. The van der Waals surface area contributed by atoms with Crippen LogP contribution in [0.25, 0.3) is 0 Å². The predicted molar refractivity (Wildman–Crippen MR) is 141 cm³/mol. The molecule has 2 aromatic rings. The maximum absolute atomic E-state index is 13.3. The molecule has 1 saturated heterocycles. The highest BCUT2D eigenvalue weighted by Crippen LogP contribution is 2.37. The molecule has 3 aliphatic heterocycles. The summed E-state index contributed by atoms with van der Waals surface area (Å²) in [5.41, 5.74) is 1.79. The molecule has 4 heterocycles. The van der Waals surface area contributed by atoms with Gasteiger partial charge in [-0.15, -0.1) is 0 Å². The van der Waals surface area contributed by atoms with Gasteiger partial charge in [-0.3, -0.25) is 14.5 Å². The average molecular weight is 522 g/mol. The Balaban J connectivity index is 1.36. The van der Waals surface area contributed by atoms with Crippen LogP contribution in [-0.2, 0) is 14.3 Å². The standard InChI is InChI=1S/C26H31N7O5/c1-18(34)29-22-8-7-19(15-27-22)25(35)31-26(38-12-4-9-32-10-13-37-14-11-32)16-33-17-28-23-20(24(33)30-26)5-3-6-21(23)36-2/h3,5-8,15,17H,4,9-14,16H2,1-2H3,(H,31,35)(H,27,29,34). The largest absolute Gasteiger partial charge is 0.494 e. The first-order valence-electron chi connectivity index (χ1n) is 12.5. The molecule has 38 heavy (non-hydrogen) atoms. The number of rotatable bonds is 9. The van der Waals surface area contributed by atoms with Crippen molar-refractivity contribution in [3.63, 3.8) is 0 Å². The van der Waals surface area contributed by atoms with Gasteiger partial charge in [-0.05, 0) is 30.7 Å². The number of hydrogen-bond acceptors (Lipinski definition) is 10. The van der Waals surface area contributed by atoms with Gasteiger partial charge < -0.3 is 29.7 Å². The SMILES string of the molecule is COc1cccc2c1N=CN1CC(NC(=O)c3ccc(NC(C)=O)nc3)(OCCCN3CCOCC3)N=C21. The second kappa shape index (κ2) is 11.3. The van der Waals surface area contributed by atoms with Gasteiger partial charge in [0.1, 0.15) is 23.1 Å². The molecular formula is C26H31N7O5. The Hall–Kier alpha value is -3.87. The fraction of sp³-hybridized carbons (Fsp3) is 0.423. The zero-order valence-corrected chi connectivity index (χ0v) is 21.5. The average Bonchev–Trinajstić information content (AvgIpc) is 3.30. The van der Waals surface area contributed by atoms with E-state index >= 15 is 0 Å². The van der Waals surface area contributed by atoms with Crippen molar-refractivity contribution >= 4 is 35.5 Å². The summed E-state index contributed by atoms with van der Waals surface area (Å²) in [5, 5.41) is 5.57. The first kappa shape index (κ1) is 25.8. The number of amidine groups is 1. The Kier molecular flexibility index (Phi) is 7.63. The summed E-state index contributed by atoms with van der Waals surface area (Å²) in [5.74, 6) is -0.322. The number of methoxy groups -OCH3 is 1. The van der Waals surface area contributed by atoms with E-state index in [0.717, 1.165) is 44.8 Å². The number of fused-ring (bicyclic) bond motifs is 3. The van der Waals surface area contributed by atoms with Crippen LogP contribution in [0.1, 0.15) is 29.3 Å². The number of carbonyl (C=O) groups excluding carboxylic acids is 2. The van der Waals surface area contributed by atoms with Gasteiger partial charge in [0.2, 0.25) is 5.91 Å². The first-order valence-corrected chi connectivity index (χ1v) is 12.5. The van der Waals surface area contributed by atoms with E-state index in [9.17, 15) is 9.59 Å². The van der Waals surface area contributed by atoms with Crippen molar-refractivity contribution in [3.8, 4) is 5.75 Å². The summed E-state index contributed by atoms with van der Waals surface area (Å²) >= 11 is 0. The van der Waals surface area contributed by atoms with Crippen molar-refractivity contribution in [1.82, 2.24) is 20.1 Å². The summed E-state index contributed by atoms with van der Waals surface area (Å²) in [6, 6.07) is 8.81. The number of nitrogens with one attached hydrogen (secondary N) is 2. The number of morpholine rings is 1. The van der Waals surface area contributed by atoms with Crippen LogP contribution in [0.3, 0.4) is 0 Å². The van der Waals surface area contributed by atoms with Crippen LogP contribution in [0.5, 0.6) is 5.75 Å². The number of pyridine rings is 1. The van der Waals surface area contributed by atoms with Crippen LogP contribution in [0.15, 0.2) is 46.5 Å². The lowest BCUT2D eigenvalue weighted by molar-refractivity contribution is -0.114. The molecule has 5 rings (SSSR count). The fourth-order valence-corrected chi connectivity index (χ4v) is 4.58. The van der Waals surface area contributed by atoms with Gasteiger partial charge in [0.15, 0.2) is 0 Å². The molecule has 2 amide bonds. The number of carbonyl (C=O) groups is 2. The molecule has 12 heteroatoms. The summed E-state index contributed by atoms with van der Waals surface area (Å²) < 4.78 is 17.2. The molecule has 0 saturated carbocycles. The zero-order valence-electron chi connectivity index (χ0n) is 21.5.